The van der Waals surface area contributed by atoms with E-state index in [9.17, 15) is 0 Å². The van der Waals surface area contributed by atoms with Gasteiger partial charge in [0.2, 0.25) is 0 Å². The molecule has 3 aromatic heterocycles. The number of unbranched alkanes of at least 4 members (excludes halogenated alkanes) is 1. The first-order chi connectivity index (χ1) is 11.9. The average Bonchev–Trinajstić information content (AvgIpc) is 3.02. The van der Waals surface area contributed by atoms with Gasteiger partial charge in [-0.25, -0.2) is 9.97 Å². The summed E-state index contributed by atoms with van der Waals surface area (Å²) in [6.07, 6.45) is 7.87. The number of anilines is 1. The number of aromatic nitrogens is 3. The van der Waals surface area contributed by atoms with Crippen molar-refractivity contribution in [2.75, 3.05) is 18.4 Å². The maximum Gasteiger partial charge on any atom is 0.138 e. The predicted molar refractivity (Wildman–Crippen MR) is 98.5 cm³/mol. The molecule has 6 heteroatoms. The minimum atomic E-state index is 0.932. The zero-order valence-corrected chi connectivity index (χ0v) is 14.4. The first-order valence-corrected chi connectivity index (χ1v) is 9.33. The molecule has 0 amide bonds. The van der Waals surface area contributed by atoms with Gasteiger partial charge in [-0.1, -0.05) is 6.07 Å². The van der Waals surface area contributed by atoms with E-state index in [1.165, 1.54) is 21.5 Å². The highest BCUT2D eigenvalue weighted by Gasteiger charge is 2.19. The molecule has 0 spiro atoms. The molecule has 3 aromatic rings. The van der Waals surface area contributed by atoms with Gasteiger partial charge >= 0.3 is 0 Å². The van der Waals surface area contributed by atoms with Crippen LogP contribution in [-0.4, -0.2) is 28.0 Å². The highest BCUT2D eigenvalue weighted by Crippen LogP contribution is 2.35. The van der Waals surface area contributed by atoms with E-state index in [2.05, 4.69) is 31.7 Å². The number of pyridine rings is 1. The van der Waals surface area contributed by atoms with E-state index in [0.717, 1.165) is 56.0 Å². The van der Waals surface area contributed by atoms with Crippen LogP contribution >= 0.6 is 11.3 Å². The Kier molecular flexibility index (Phi) is 4.66. The third-order valence-corrected chi connectivity index (χ3v) is 5.53. The summed E-state index contributed by atoms with van der Waals surface area (Å²) in [4.78, 5) is 15.8. The van der Waals surface area contributed by atoms with Crippen LogP contribution in [0.4, 0.5) is 5.82 Å². The van der Waals surface area contributed by atoms with Crippen LogP contribution in [0.2, 0.25) is 0 Å². The van der Waals surface area contributed by atoms with E-state index >= 15 is 0 Å². The van der Waals surface area contributed by atoms with Crippen LogP contribution in [-0.2, 0) is 19.4 Å². The Morgan fingerprint density at radius 3 is 3.08 bits per heavy atom. The SMILES string of the molecule is c1ccc(CCCCNc2ncnc3sc4c(c23)CCNC4)nc1. The van der Waals surface area contributed by atoms with Crippen molar-refractivity contribution in [3.63, 3.8) is 0 Å². The molecule has 0 unspecified atom stereocenters. The van der Waals surface area contributed by atoms with Crippen molar-refractivity contribution in [1.82, 2.24) is 20.3 Å². The van der Waals surface area contributed by atoms with E-state index in [-0.39, 0.29) is 0 Å². The van der Waals surface area contributed by atoms with E-state index in [1.807, 2.05) is 18.3 Å². The van der Waals surface area contributed by atoms with Gasteiger partial charge in [0.25, 0.3) is 0 Å². The summed E-state index contributed by atoms with van der Waals surface area (Å²) in [7, 11) is 0. The molecule has 1 aliphatic heterocycles. The lowest BCUT2D eigenvalue weighted by Crippen LogP contribution is -2.22. The van der Waals surface area contributed by atoms with E-state index in [0.29, 0.717) is 0 Å². The summed E-state index contributed by atoms with van der Waals surface area (Å²) in [5.74, 6) is 0.997. The Bertz CT molecular complexity index is 815. The molecule has 0 saturated heterocycles. The Morgan fingerprint density at radius 2 is 2.17 bits per heavy atom. The second-order valence-corrected chi connectivity index (χ2v) is 7.12. The van der Waals surface area contributed by atoms with Gasteiger partial charge in [-0.15, -0.1) is 11.3 Å². The summed E-state index contributed by atoms with van der Waals surface area (Å²) in [6, 6.07) is 6.10. The Hall–Kier alpha value is -2.05. The molecule has 0 radical (unpaired) electrons. The molecule has 4 rings (SSSR count). The smallest absolute Gasteiger partial charge is 0.138 e. The van der Waals surface area contributed by atoms with Crippen molar-refractivity contribution in [3.8, 4) is 0 Å². The summed E-state index contributed by atoms with van der Waals surface area (Å²) >= 11 is 1.79. The number of nitrogens with one attached hydrogen (secondary N) is 2. The van der Waals surface area contributed by atoms with Crippen molar-refractivity contribution in [2.24, 2.45) is 0 Å². The zero-order valence-electron chi connectivity index (χ0n) is 13.6. The Labute approximate surface area is 145 Å². The minimum Gasteiger partial charge on any atom is -0.369 e. The topological polar surface area (TPSA) is 62.7 Å². The Balaban J connectivity index is 1.39. The third-order valence-electron chi connectivity index (χ3n) is 4.39. The summed E-state index contributed by atoms with van der Waals surface area (Å²) in [5.41, 5.74) is 2.60. The number of aryl methyl sites for hydroxylation is 1. The van der Waals surface area contributed by atoms with Gasteiger partial charge in [-0.3, -0.25) is 4.98 Å². The van der Waals surface area contributed by atoms with Gasteiger partial charge in [0, 0.05) is 29.9 Å². The number of rotatable bonds is 6. The van der Waals surface area contributed by atoms with Crippen LogP contribution in [0, 0.1) is 0 Å². The normalized spacial score (nSPS) is 13.8. The molecule has 0 aliphatic carbocycles. The van der Waals surface area contributed by atoms with Crippen molar-refractivity contribution in [2.45, 2.75) is 32.2 Å². The molecule has 5 nitrogen and oxygen atoms in total. The molecule has 1 aliphatic rings. The molecule has 2 N–H and O–H groups in total. The lowest BCUT2D eigenvalue weighted by molar-refractivity contribution is 0.657. The fourth-order valence-electron chi connectivity index (χ4n) is 3.18. The molecule has 0 bridgehead atoms. The van der Waals surface area contributed by atoms with Crippen LogP contribution in [0.1, 0.15) is 29.0 Å². The summed E-state index contributed by atoms with van der Waals surface area (Å²) in [5, 5.41) is 8.20. The molecular weight excluding hydrogens is 318 g/mol. The quantitative estimate of drug-likeness (QED) is 0.676. The average molecular weight is 339 g/mol. The number of thiophene rings is 1. The van der Waals surface area contributed by atoms with Crippen LogP contribution < -0.4 is 10.6 Å². The van der Waals surface area contributed by atoms with Crippen molar-refractivity contribution < 1.29 is 0 Å². The van der Waals surface area contributed by atoms with Crippen LogP contribution in [0.5, 0.6) is 0 Å². The van der Waals surface area contributed by atoms with Gasteiger partial charge in [0.05, 0.1) is 5.39 Å². The molecule has 124 valence electrons. The third kappa shape index (κ3) is 3.25. The van der Waals surface area contributed by atoms with Gasteiger partial charge < -0.3 is 10.6 Å². The lowest BCUT2D eigenvalue weighted by Gasteiger charge is -2.13. The largest absolute Gasteiger partial charge is 0.369 e. The molecular formula is C18H21N5S. The second kappa shape index (κ2) is 7.23. The standard InChI is InChI=1S/C18H21N5S/c1-3-8-20-13(5-1)6-2-4-9-21-17-16-14-7-10-19-11-15(14)24-18(16)23-12-22-17/h1,3,5,8,12,19H,2,4,6-7,9-11H2,(H,21,22,23). The van der Waals surface area contributed by atoms with Crippen molar-refractivity contribution in [1.29, 1.82) is 0 Å². The fourth-order valence-corrected chi connectivity index (χ4v) is 4.33. The number of hydrogen-bond acceptors (Lipinski definition) is 6. The highest BCUT2D eigenvalue weighted by molar-refractivity contribution is 7.18. The van der Waals surface area contributed by atoms with Crippen molar-refractivity contribution >= 4 is 27.4 Å². The number of nitrogens with zero attached hydrogens (tertiary/aromatic N) is 3. The van der Waals surface area contributed by atoms with Gasteiger partial charge in [0.15, 0.2) is 0 Å². The minimum absolute atomic E-state index is 0.932. The second-order valence-electron chi connectivity index (χ2n) is 6.04. The molecule has 4 heterocycles. The molecule has 0 aromatic carbocycles. The lowest BCUT2D eigenvalue weighted by atomic mass is 10.1. The molecule has 0 atom stereocenters. The first kappa shape index (κ1) is 15.5. The van der Waals surface area contributed by atoms with Crippen LogP contribution in [0.15, 0.2) is 30.7 Å². The fraction of sp³-hybridized carbons (Fsp3) is 0.389. The van der Waals surface area contributed by atoms with E-state index in [4.69, 9.17) is 0 Å². The first-order valence-electron chi connectivity index (χ1n) is 8.51. The van der Waals surface area contributed by atoms with Gasteiger partial charge in [0.1, 0.15) is 17.0 Å². The molecule has 0 fully saturated rings. The predicted octanol–water partition coefficient (Wildman–Crippen LogP) is 3.17. The van der Waals surface area contributed by atoms with Crippen LogP contribution in [0.25, 0.3) is 10.2 Å². The molecule has 0 saturated carbocycles. The van der Waals surface area contributed by atoms with Crippen LogP contribution in [0.3, 0.4) is 0 Å². The van der Waals surface area contributed by atoms with E-state index < -0.39 is 0 Å². The maximum atomic E-state index is 4.49. The maximum absolute atomic E-state index is 4.49. The van der Waals surface area contributed by atoms with E-state index in [1.54, 1.807) is 17.7 Å². The number of fused-ring (bicyclic) bond motifs is 3. The van der Waals surface area contributed by atoms with Gasteiger partial charge in [-0.05, 0) is 49.9 Å². The summed E-state index contributed by atoms with van der Waals surface area (Å²) < 4.78 is 0. The monoisotopic (exact) mass is 339 g/mol. The zero-order chi connectivity index (χ0) is 16.2. The number of hydrogen-bond donors (Lipinski definition) is 2. The summed E-state index contributed by atoms with van der Waals surface area (Å²) in [6.45, 7) is 2.93. The highest BCUT2D eigenvalue weighted by atomic mass is 32.1. The molecule has 24 heavy (non-hydrogen) atoms. The van der Waals surface area contributed by atoms with Gasteiger partial charge in [-0.2, -0.15) is 0 Å². The Morgan fingerprint density at radius 1 is 1.17 bits per heavy atom. The van der Waals surface area contributed by atoms with Crippen molar-refractivity contribution in [3.05, 3.63) is 46.9 Å².